The highest BCUT2D eigenvalue weighted by Gasteiger charge is 2.51. The number of nitrogens with one attached hydrogen (secondary N) is 4. The molecule has 16 heteroatoms. The minimum atomic E-state index is -1.12. The van der Waals surface area contributed by atoms with Crippen molar-refractivity contribution in [3.63, 3.8) is 0 Å². The van der Waals surface area contributed by atoms with Crippen molar-refractivity contribution in [3.05, 3.63) is 59.6 Å². The van der Waals surface area contributed by atoms with Gasteiger partial charge in [0.15, 0.2) is 0 Å². The molecule has 3 aromatic rings. The SMILES string of the molecule is COC(=O)N[C@H](C(=O)N1CCC[C@H]1c1ncc(-c2ccc(C34CCC(c5cnc([C@@H]6CCCN6C(=O)[C@@H](NC(=O)OC)[C@H](C)O)[nH]5)(CC3)CC4)cc2)[nH]1)[C@H](C)O. The van der Waals surface area contributed by atoms with Crippen LogP contribution in [0.5, 0.6) is 0 Å². The molecule has 2 bridgehead atoms. The zero-order valence-electron chi connectivity index (χ0n) is 32.5. The van der Waals surface area contributed by atoms with Crippen LogP contribution in [0, 0.1) is 0 Å². The molecule has 0 radical (unpaired) electrons. The Balaban J connectivity index is 0.994. The predicted octanol–water partition coefficient (Wildman–Crippen LogP) is 3.88. The van der Waals surface area contributed by atoms with Crippen LogP contribution in [-0.2, 0) is 29.9 Å². The lowest BCUT2D eigenvalue weighted by Crippen LogP contribution is -2.53. The molecule has 16 nitrogen and oxygen atoms in total. The van der Waals surface area contributed by atoms with E-state index in [1.165, 1.54) is 33.6 Å². The summed E-state index contributed by atoms with van der Waals surface area (Å²) >= 11 is 0. The quantitative estimate of drug-likeness (QED) is 0.165. The van der Waals surface area contributed by atoms with Gasteiger partial charge in [0.1, 0.15) is 23.7 Å². The molecule has 4 amide bonds. The first kappa shape index (κ1) is 39.3. The number of aliphatic hydroxyl groups is 2. The van der Waals surface area contributed by atoms with Crippen molar-refractivity contribution in [2.24, 2.45) is 0 Å². The summed E-state index contributed by atoms with van der Waals surface area (Å²) in [6.07, 6.45) is 9.31. The molecule has 8 rings (SSSR count). The predicted molar refractivity (Wildman–Crippen MR) is 203 cm³/mol. The average Bonchev–Trinajstić information content (AvgIpc) is 4.06. The van der Waals surface area contributed by atoms with Gasteiger partial charge in [0.05, 0.1) is 50.4 Å². The summed E-state index contributed by atoms with van der Waals surface area (Å²) in [4.78, 5) is 70.6. The number of hydrogen-bond donors (Lipinski definition) is 6. The summed E-state index contributed by atoms with van der Waals surface area (Å²) in [7, 11) is 2.44. The molecule has 5 aliphatic rings. The summed E-state index contributed by atoms with van der Waals surface area (Å²) in [5, 5.41) is 25.5. The third kappa shape index (κ3) is 7.36. The summed E-state index contributed by atoms with van der Waals surface area (Å²) in [6, 6.07) is 5.95. The van der Waals surface area contributed by atoms with Crippen molar-refractivity contribution in [1.82, 2.24) is 40.4 Å². The second-order valence-electron chi connectivity index (χ2n) is 16.1. The number of alkyl carbamates (subject to hydrolysis) is 2. The van der Waals surface area contributed by atoms with Crippen LogP contribution in [0.4, 0.5) is 9.59 Å². The number of methoxy groups -OCH3 is 2. The Morgan fingerprint density at radius 2 is 1.20 bits per heavy atom. The van der Waals surface area contributed by atoms with E-state index in [1.807, 2.05) is 6.20 Å². The number of aromatic nitrogens is 4. The number of nitrogens with zero attached hydrogens (tertiary/aromatic N) is 4. The highest BCUT2D eigenvalue weighted by molar-refractivity contribution is 5.87. The fourth-order valence-electron chi connectivity index (χ4n) is 9.59. The summed E-state index contributed by atoms with van der Waals surface area (Å²) in [6.45, 7) is 3.95. The van der Waals surface area contributed by atoms with Gasteiger partial charge >= 0.3 is 12.2 Å². The van der Waals surface area contributed by atoms with Crippen LogP contribution in [0.2, 0.25) is 0 Å². The molecule has 56 heavy (non-hydrogen) atoms. The third-order valence-electron chi connectivity index (χ3n) is 12.9. The highest BCUT2D eigenvalue weighted by Crippen LogP contribution is 2.58. The Bertz CT molecular complexity index is 1880. The van der Waals surface area contributed by atoms with Gasteiger partial charge in [0.2, 0.25) is 11.8 Å². The van der Waals surface area contributed by atoms with Gasteiger partial charge in [-0.2, -0.15) is 0 Å². The van der Waals surface area contributed by atoms with E-state index in [9.17, 15) is 29.4 Å². The summed E-state index contributed by atoms with van der Waals surface area (Å²) < 4.78 is 9.34. The number of H-pyrrole nitrogens is 2. The van der Waals surface area contributed by atoms with Crippen molar-refractivity contribution < 1.29 is 38.9 Å². The molecule has 6 atom stereocenters. The Hall–Kier alpha value is -4.96. The Kier molecular flexibility index (Phi) is 11.1. The maximum atomic E-state index is 13.5. The number of aliphatic hydroxyl groups excluding tert-OH is 2. The molecular formula is C40H54N8O8. The third-order valence-corrected chi connectivity index (χ3v) is 12.9. The number of ether oxygens (including phenoxy) is 2. The lowest BCUT2D eigenvalue weighted by Gasteiger charge is -2.53. The minimum Gasteiger partial charge on any atom is -0.453 e. The topological polar surface area (TPSA) is 215 Å². The zero-order chi connectivity index (χ0) is 39.8. The fourth-order valence-corrected chi connectivity index (χ4v) is 9.59. The number of carbonyl (C=O) groups is 4. The number of benzene rings is 1. The number of rotatable bonds is 11. The standard InChI is InChI=1S/C40H54N8O8/c1-23(49)31(45-37(53)55-3)35(51)47-19-5-7-28(47)33-41-21-27(43-33)25-9-11-26(12-10-25)39-13-16-40(17-14-39,18-15-39)30-22-42-34(44-30)29-8-6-20-48(29)36(52)32(24(2)50)46-38(54)56-4/h9-12,21-24,28-29,31-32,49-50H,5-8,13-20H2,1-4H3,(H,41,43)(H,42,44)(H,45,53)(H,46,54)/t23-,24-,28-,29-,31-,32-,39?,40?/m0/s1. The van der Waals surface area contributed by atoms with Crippen LogP contribution in [0.25, 0.3) is 11.3 Å². The minimum absolute atomic E-state index is 0.00139. The molecule has 0 spiro atoms. The fraction of sp³-hybridized carbons (Fsp3) is 0.600. The molecular weight excluding hydrogens is 720 g/mol. The van der Waals surface area contributed by atoms with E-state index < -0.39 is 36.5 Å². The van der Waals surface area contributed by atoms with E-state index in [-0.39, 0.29) is 34.7 Å². The van der Waals surface area contributed by atoms with Gasteiger partial charge < -0.3 is 50.1 Å². The lowest BCUT2D eigenvalue weighted by atomic mass is 9.51. The van der Waals surface area contributed by atoms with Crippen molar-refractivity contribution in [2.45, 2.75) is 125 Å². The maximum absolute atomic E-state index is 13.5. The molecule has 302 valence electrons. The molecule has 3 aliphatic carbocycles. The van der Waals surface area contributed by atoms with E-state index in [0.29, 0.717) is 25.3 Å². The highest BCUT2D eigenvalue weighted by atomic mass is 16.5. The molecule has 5 fully saturated rings. The van der Waals surface area contributed by atoms with Crippen LogP contribution in [-0.4, -0.2) is 116 Å². The van der Waals surface area contributed by atoms with Gasteiger partial charge in [0.25, 0.3) is 0 Å². The first-order valence-electron chi connectivity index (χ1n) is 19.8. The molecule has 0 unspecified atom stereocenters. The molecule has 2 aromatic heterocycles. The van der Waals surface area contributed by atoms with Crippen molar-refractivity contribution in [1.29, 1.82) is 0 Å². The molecule has 6 N–H and O–H groups in total. The van der Waals surface area contributed by atoms with Crippen LogP contribution >= 0.6 is 0 Å². The number of hydrogen-bond acceptors (Lipinski definition) is 10. The van der Waals surface area contributed by atoms with Gasteiger partial charge in [-0.15, -0.1) is 0 Å². The number of carbonyl (C=O) groups excluding carboxylic acids is 4. The van der Waals surface area contributed by atoms with Crippen molar-refractivity contribution >= 4 is 24.0 Å². The summed E-state index contributed by atoms with van der Waals surface area (Å²) in [5.74, 6) is 0.681. The Labute approximate surface area is 326 Å². The lowest BCUT2D eigenvalue weighted by molar-refractivity contribution is -0.137. The second kappa shape index (κ2) is 15.9. The van der Waals surface area contributed by atoms with Crippen molar-refractivity contribution in [2.75, 3.05) is 27.3 Å². The smallest absolute Gasteiger partial charge is 0.407 e. The van der Waals surface area contributed by atoms with E-state index in [0.717, 1.165) is 80.6 Å². The maximum Gasteiger partial charge on any atom is 0.407 e. The van der Waals surface area contributed by atoms with Crippen molar-refractivity contribution in [3.8, 4) is 11.3 Å². The molecule has 1 aromatic carbocycles. The van der Waals surface area contributed by atoms with Gasteiger partial charge in [-0.1, -0.05) is 24.3 Å². The molecule has 2 aliphatic heterocycles. The Morgan fingerprint density at radius 1 is 0.732 bits per heavy atom. The van der Waals surface area contributed by atoms with Crippen LogP contribution < -0.4 is 10.6 Å². The van der Waals surface area contributed by atoms with E-state index in [1.54, 1.807) is 16.0 Å². The van der Waals surface area contributed by atoms with Gasteiger partial charge in [0, 0.05) is 30.4 Å². The Morgan fingerprint density at radius 3 is 1.68 bits per heavy atom. The second-order valence-corrected chi connectivity index (χ2v) is 16.1. The number of imidazole rings is 2. The van der Waals surface area contributed by atoms with E-state index in [2.05, 4.69) is 59.3 Å². The molecule has 4 heterocycles. The van der Waals surface area contributed by atoms with Gasteiger partial charge in [-0.05, 0) is 94.6 Å². The largest absolute Gasteiger partial charge is 0.453 e. The monoisotopic (exact) mass is 774 g/mol. The average molecular weight is 775 g/mol. The number of amides is 4. The first-order valence-corrected chi connectivity index (χ1v) is 19.8. The van der Waals surface area contributed by atoms with E-state index >= 15 is 0 Å². The zero-order valence-corrected chi connectivity index (χ0v) is 32.5. The summed E-state index contributed by atoms with van der Waals surface area (Å²) in [5.41, 5.74) is 4.41. The molecule has 2 saturated heterocycles. The van der Waals surface area contributed by atoms with E-state index in [4.69, 9.17) is 4.98 Å². The number of likely N-dealkylation sites (tertiary alicyclic amines) is 2. The van der Waals surface area contributed by atoms with Crippen LogP contribution in [0.3, 0.4) is 0 Å². The van der Waals surface area contributed by atoms with Crippen LogP contribution in [0.1, 0.15) is 113 Å². The number of fused-ring (bicyclic) bond motifs is 3. The normalized spacial score (nSPS) is 26.7. The van der Waals surface area contributed by atoms with Gasteiger partial charge in [-0.25, -0.2) is 19.6 Å². The van der Waals surface area contributed by atoms with Gasteiger partial charge in [-0.3, -0.25) is 9.59 Å². The first-order chi connectivity index (χ1) is 26.9. The number of aromatic amines is 2. The van der Waals surface area contributed by atoms with Crippen LogP contribution in [0.15, 0.2) is 36.7 Å². The molecule has 3 saturated carbocycles.